The van der Waals surface area contributed by atoms with Gasteiger partial charge in [0.05, 0.1) is 29.4 Å². The summed E-state index contributed by atoms with van der Waals surface area (Å²) in [5.74, 6) is -0.330. The van der Waals surface area contributed by atoms with E-state index in [4.69, 9.17) is 0 Å². The lowest BCUT2D eigenvalue weighted by Crippen LogP contribution is -2.15. The second kappa shape index (κ2) is 6.12. The zero-order valence-electron chi connectivity index (χ0n) is 12.7. The number of rotatable bonds is 1. The van der Waals surface area contributed by atoms with Gasteiger partial charge in [-0.05, 0) is 42.3 Å². The maximum absolute atomic E-state index is 13.1. The Labute approximate surface area is 145 Å². The summed E-state index contributed by atoms with van der Waals surface area (Å²) in [6, 6.07) is 9.56. The highest BCUT2D eigenvalue weighted by atomic mass is 79.9. The molecule has 24 heavy (non-hydrogen) atoms. The molecular formula is C17H14BrF3N2O. The lowest BCUT2D eigenvalue weighted by Gasteiger charge is -2.19. The van der Waals surface area contributed by atoms with Gasteiger partial charge in [-0.3, -0.25) is 4.79 Å². The molecule has 0 saturated carbocycles. The van der Waals surface area contributed by atoms with Crippen LogP contribution in [0.1, 0.15) is 29.2 Å². The molecule has 3 nitrogen and oxygen atoms in total. The van der Waals surface area contributed by atoms with Crippen molar-refractivity contribution in [1.29, 1.82) is 0 Å². The van der Waals surface area contributed by atoms with Crippen LogP contribution in [0.4, 0.5) is 24.5 Å². The summed E-state index contributed by atoms with van der Waals surface area (Å²) in [5, 5.41) is 5.74. The minimum absolute atomic E-state index is 0.109. The van der Waals surface area contributed by atoms with Crippen LogP contribution in [0.25, 0.3) is 0 Å². The predicted molar refractivity (Wildman–Crippen MR) is 89.9 cm³/mol. The topological polar surface area (TPSA) is 41.1 Å². The van der Waals surface area contributed by atoms with Crippen LogP contribution in [0.3, 0.4) is 0 Å². The zero-order chi connectivity index (χ0) is 17.5. The summed E-state index contributed by atoms with van der Waals surface area (Å²) in [5.41, 5.74) is 0.874. The second-order valence-electron chi connectivity index (χ2n) is 5.71. The van der Waals surface area contributed by atoms with Crippen molar-refractivity contribution in [1.82, 2.24) is 0 Å². The Morgan fingerprint density at radius 1 is 1.17 bits per heavy atom. The SMILES string of the molecule is Cc1cc2c(cc1C(F)(F)F)NC(=O)CC(c1cccc(Br)c1)N2. The number of amides is 1. The Bertz CT molecular complexity index is 805. The first-order chi connectivity index (χ1) is 11.2. The minimum atomic E-state index is -4.46. The summed E-state index contributed by atoms with van der Waals surface area (Å²) in [4.78, 5) is 12.1. The monoisotopic (exact) mass is 398 g/mol. The lowest BCUT2D eigenvalue weighted by atomic mass is 10.0. The molecule has 1 atom stereocenters. The summed E-state index contributed by atoms with van der Waals surface area (Å²) >= 11 is 3.38. The number of carbonyl (C=O) groups is 1. The van der Waals surface area contributed by atoms with Crippen molar-refractivity contribution in [3.8, 4) is 0 Å². The molecule has 1 amide bonds. The number of aryl methyl sites for hydroxylation is 1. The molecule has 1 unspecified atom stereocenters. The van der Waals surface area contributed by atoms with Gasteiger partial charge in [0.15, 0.2) is 0 Å². The van der Waals surface area contributed by atoms with E-state index in [0.717, 1.165) is 16.1 Å². The van der Waals surface area contributed by atoms with Gasteiger partial charge in [0.2, 0.25) is 5.91 Å². The fourth-order valence-corrected chi connectivity index (χ4v) is 3.20. The van der Waals surface area contributed by atoms with Crippen molar-refractivity contribution < 1.29 is 18.0 Å². The molecule has 2 aromatic carbocycles. The summed E-state index contributed by atoms with van der Waals surface area (Å²) in [6.45, 7) is 1.41. The van der Waals surface area contributed by atoms with Gasteiger partial charge in [0, 0.05) is 4.47 Å². The second-order valence-corrected chi connectivity index (χ2v) is 6.63. The third-order valence-corrected chi connectivity index (χ3v) is 4.41. The van der Waals surface area contributed by atoms with E-state index in [2.05, 4.69) is 26.6 Å². The lowest BCUT2D eigenvalue weighted by molar-refractivity contribution is -0.138. The van der Waals surface area contributed by atoms with Gasteiger partial charge >= 0.3 is 6.18 Å². The third kappa shape index (κ3) is 3.40. The van der Waals surface area contributed by atoms with Crippen LogP contribution in [0.5, 0.6) is 0 Å². The van der Waals surface area contributed by atoms with E-state index in [1.807, 2.05) is 24.3 Å². The number of carbonyl (C=O) groups excluding carboxylic acids is 1. The van der Waals surface area contributed by atoms with Crippen molar-refractivity contribution in [2.45, 2.75) is 25.6 Å². The van der Waals surface area contributed by atoms with Crippen LogP contribution < -0.4 is 10.6 Å². The first-order valence-electron chi connectivity index (χ1n) is 7.28. The summed E-state index contributed by atoms with van der Waals surface area (Å²) in [6.07, 6.45) is -4.33. The minimum Gasteiger partial charge on any atom is -0.376 e. The van der Waals surface area contributed by atoms with Gasteiger partial charge in [-0.1, -0.05) is 28.1 Å². The number of benzene rings is 2. The van der Waals surface area contributed by atoms with E-state index in [1.165, 1.54) is 13.0 Å². The molecule has 0 spiro atoms. The third-order valence-electron chi connectivity index (χ3n) is 3.91. The van der Waals surface area contributed by atoms with Crippen LogP contribution in [0.2, 0.25) is 0 Å². The van der Waals surface area contributed by atoms with E-state index < -0.39 is 11.7 Å². The van der Waals surface area contributed by atoms with Crippen molar-refractivity contribution in [3.05, 3.63) is 57.6 Å². The van der Waals surface area contributed by atoms with Gasteiger partial charge in [-0.25, -0.2) is 0 Å². The number of hydrogen-bond acceptors (Lipinski definition) is 2. The van der Waals surface area contributed by atoms with Crippen LogP contribution in [0.15, 0.2) is 40.9 Å². The van der Waals surface area contributed by atoms with Crippen LogP contribution in [-0.2, 0) is 11.0 Å². The molecule has 2 aromatic rings. The highest BCUT2D eigenvalue weighted by molar-refractivity contribution is 9.10. The van der Waals surface area contributed by atoms with Crippen molar-refractivity contribution >= 4 is 33.2 Å². The maximum Gasteiger partial charge on any atom is 0.416 e. The summed E-state index contributed by atoms with van der Waals surface area (Å²) in [7, 11) is 0. The first kappa shape index (κ1) is 16.8. The number of nitrogens with one attached hydrogen (secondary N) is 2. The molecule has 126 valence electrons. The average Bonchev–Trinajstić information content (AvgIpc) is 2.63. The highest BCUT2D eigenvalue weighted by Gasteiger charge is 2.34. The standard InChI is InChI=1S/C17H14BrF3N2O/c1-9-5-14-15(7-12(9)17(19,20)21)23-16(24)8-13(22-14)10-3-2-4-11(18)6-10/h2-7,13,22H,8H2,1H3,(H,23,24). The largest absolute Gasteiger partial charge is 0.416 e. The van der Waals surface area contributed by atoms with E-state index in [0.29, 0.717) is 5.69 Å². The highest BCUT2D eigenvalue weighted by Crippen LogP contribution is 2.39. The smallest absolute Gasteiger partial charge is 0.376 e. The molecule has 1 heterocycles. The Morgan fingerprint density at radius 2 is 1.92 bits per heavy atom. The number of alkyl halides is 3. The van der Waals surface area contributed by atoms with Crippen LogP contribution in [-0.4, -0.2) is 5.91 Å². The predicted octanol–water partition coefficient (Wildman–Crippen LogP) is 5.27. The van der Waals surface area contributed by atoms with Gasteiger partial charge < -0.3 is 10.6 Å². The number of anilines is 2. The molecule has 0 bridgehead atoms. The Kier molecular flexibility index (Phi) is 4.29. The molecule has 1 aliphatic rings. The fraction of sp³-hybridized carbons (Fsp3) is 0.235. The first-order valence-corrected chi connectivity index (χ1v) is 8.07. The molecule has 0 fully saturated rings. The van der Waals surface area contributed by atoms with Gasteiger partial charge in [-0.2, -0.15) is 13.2 Å². The Hall–Kier alpha value is -2.02. The molecule has 0 aliphatic carbocycles. The number of halogens is 4. The van der Waals surface area contributed by atoms with E-state index in [9.17, 15) is 18.0 Å². The number of hydrogen-bond donors (Lipinski definition) is 2. The van der Waals surface area contributed by atoms with Crippen molar-refractivity contribution in [3.63, 3.8) is 0 Å². The van der Waals surface area contributed by atoms with Gasteiger partial charge in [0.25, 0.3) is 0 Å². The van der Waals surface area contributed by atoms with E-state index in [-0.39, 0.29) is 29.6 Å². The summed E-state index contributed by atoms with van der Waals surface area (Å²) < 4.78 is 40.1. The molecule has 7 heteroatoms. The van der Waals surface area contributed by atoms with Gasteiger partial charge in [-0.15, -0.1) is 0 Å². The molecule has 0 aromatic heterocycles. The molecule has 2 N–H and O–H groups in total. The van der Waals surface area contributed by atoms with Crippen LogP contribution in [0, 0.1) is 6.92 Å². The maximum atomic E-state index is 13.1. The molecule has 0 radical (unpaired) electrons. The average molecular weight is 399 g/mol. The van der Waals surface area contributed by atoms with Gasteiger partial charge in [0.1, 0.15) is 0 Å². The van der Waals surface area contributed by atoms with Crippen molar-refractivity contribution in [2.24, 2.45) is 0 Å². The van der Waals surface area contributed by atoms with Crippen LogP contribution >= 0.6 is 15.9 Å². The number of fused-ring (bicyclic) bond motifs is 1. The molecular weight excluding hydrogens is 385 g/mol. The Morgan fingerprint density at radius 3 is 2.58 bits per heavy atom. The fourth-order valence-electron chi connectivity index (χ4n) is 2.79. The zero-order valence-corrected chi connectivity index (χ0v) is 14.3. The van der Waals surface area contributed by atoms with E-state index in [1.54, 1.807) is 0 Å². The molecule has 0 saturated heterocycles. The Balaban J connectivity index is 2.03. The van der Waals surface area contributed by atoms with Crippen molar-refractivity contribution in [2.75, 3.05) is 10.6 Å². The molecule has 3 rings (SSSR count). The van der Waals surface area contributed by atoms with E-state index >= 15 is 0 Å². The quantitative estimate of drug-likeness (QED) is 0.686. The normalized spacial score (nSPS) is 17.5. The molecule has 1 aliphatic heterocycles.